The van der Waals surface area contributed by atoms with Crippen LogP contribution >= 0.6 is 0 Å². The monoisotopic (exact) mass is 581 g/mol. The maximum absolute atomic E-state index is 12.5. The molecule has 1 saturated carbocycles. The first-order valence-electron chi connectivity index (χ1n) is 13.7. The third-order valence-electron chi connectivity index (χ3n) is 8.16. The summed E-state index contributed by atoms with van der Waals surface area (Å²) >= 11 is 0. The number of nitrogens with two attached hydrogens (primary N) is 2. The van der Waals surface area contributed by atoms with Crippen LogP contribution in [-0.2, 0) is 19.0 Å². The number of aliphatic hydroxyl groups is 7. The van der Waals surface area contributed by atoms with Crippen LogP contribution in [0.5, 0.6) is 0 Å². The molecule has 1 amide bonds. The minimum atomic E-state index is -1.62. The first kappa shape index (κ1) is 33.4. The molecule has 3 rings (SSSR count). The Balaban J connectivity index is 1.90. The number of ether oxygens (including phenoxy) is 3. The van der Waals surface area contributed by atoms with Crippen LogP contribution < -0.4 is 27.4 Å². The third kappa shape index (κ3) is 6.92. The van der Waals surface area contributed by atoms with Crippen molar-refractivity contribution in [3.63, 3.8) is 0 Å². The minimum Gasteiger partial charge on any atom is -0.390 e. The lowest BCUT2D eigenvalue weighted by atomic mass is 9.72. The fourth-order valence-corrected chi connectivity index (χ4v) is 5.91. The van der Waals surface area contributed by atoms with E-state index in [0.29, 0.717) is 6.54 Å². The predicted molar refractivity (Wildman–Crippen MR) is 138 cm³/mol. The quantitative estimate of drug-likeness (QED) is 0.114. The molecule has 0 spiro atoms. The Bertz CT molecular complexity index is 828. The van der Waals surface area contributed by atoms with Gasteiger partial charge in [0.1, 0.15) is 42.2 Å². The second kappa shape index (κ2) is 13.9. The summed E-state index contributed by atoms with van der Waals surface area (Å²) in [5.74, 6) is -1.90. The number of rotatable bonds is 10. The lowest BCUT2D eigenvalue weighted by Crippen LogP contribution is -2.71. The van der Waals surface area contributed by atoms with Gasteiger partial charge in [-0.25, -0.2) is 0 Å². The molecular formula is C24H47N5O11. The topological polar surface area (TPSA) is 274 Å². The SMILES string of the molecule is CCNC[C@H]1O[C@H](C2[C@@H](N)C[C@@H](NC(=O)[C@@H](O)CN)[C@H](O[C@H]3OC[C@](C)(O)[C@H](NC)[C@H]3O)[C@H]2O)[C@H](O)[C@@H](O)[C@@H]1O. The van der Waals surface area contributed by atoms with Gasteiger partial charge in [-0.1, -0.05) is 6.92 Å². The highest BCUT2D eigenvalue weighted by Gasteiger charge is 2.56. The van der Waals surface area contributed by atoms with Gasteiger partial charge in [0.05, 0.1) is 37.0 Å². The molecule has 16 heteroatoms. The minimum absolute atomic E-state index is 0.0332. The molecule has 15 atom stereocenters. The van der Waals surface area contributed by atoms with Gasteiger partial charge in [-0.2, -0.15) is 0 Å². The second-order valence-corrected chi connectivity index (χ2v) is 11.1. The number of amides is 1. The lowest BCUT2D eigenvalue weighted by molar-refractivity contribution is -0.303. The molecule has 0 aromatic rings. The van der Waals surface area contributed by atoms with E-state index < -0.39 is 96.8 Å². The van der Waals surface area contributed by atoms with E-state index in [0.717, 1.165) is 0 Å². The van der Waals surface area contributed by atoms with E-state index in [1.807, 2.05) is 6.92 Å². The van der Waals surface area contributed by atoms with Gasteiger partial charge >= 0.3 is 0 Å². The molecule has 0 aromatic heterocycles. The molecule has 234 valence electrons. The maximum Gasteiger partial charge on any atom is 0.250 e. The van der Waals surface area contributed by atoms with Crippen molar-refractivity contribution < 1.29 is 54.8 Å². The molecule has 3 aliphatic rings. The standard InChI is InChI=1S/C24H47N5O11/c1-4-28-7-12-14(31)16(33)17(34)20(39-12)13-9(26)5-10(29-22(36)11(30)6-25)19(15(13)32)40-23-18(35)21(27-3)24(2,37)8-38-23/h9-21,23,27-28,30-35,37H,4-8,25-26H2,1-3H3,(H,29,36)/t9-,10+,11-,12+,13?,14+,15-,16-,17+,18+,19-,20+,21+,23+,24-/m0/s1. The largest absolute Gasteiger partial charge is 0.390 e. The average Bonchev–Trinajstić information content (AvgIpc) is 2.90. The van der Waals surface area contributed by atoms with Crippen LogP contribution in [0.3, 0.4) is 0 Å². The van der Waals surface area contributed by atoms with Crippen molar-refractivity contribution in [3.8, 4) is 0 Å². The van der Waals surface area contributed by atoms with Crippen LogP contribution in [-0.4, -0.2) is 160 Å². The summed E-state index contributed by atoms with van der Waals surface area (Å²) in [5, 5.41) is 83.3. The van der Waals surface area contributed by atoms with Crippen molar-refractivity contribution in [2.24, 2.45) is 17.4 Å². The number of carbonyl (C=O) groups excluding carboxylic acids is 1. The number of hydrogen-bond acceptors (Lipinski definition) is 15. The molecular weight excluding hydrogens is 534 g/mol. The number of likely N-dealkylation sites (N-methyl/N-ethyl adjacent to an activating group) is 2. The lowest BCUT2D eigenvalue weighted by Gasteiger charge is -2.52. The summed E-state index contributed by atoms with van der Waals surface area (Å²) in [6.45, 7) is 3.43. The van der Waals surface area contributed by atoms with Crippen LogP contribution in [0.4, 0.5) is 0 Å². The summed E-state index contributed by atoms with van der Waals surface area (Å²) in [5.41, 5.74) is 10.4. The average molecular weight is 582 g/mol. The van der Waals surface area contributed by atoms with Crippen molar-refractivity contribution in [3.05, 3.63) is 0 Å². The Hall–Kier alpha value is -1.09. The smallest absolute Gasteiger partial charge is 0.250 e. The van der Waals surface area contributed by atoms with E-state index in [1.54, 1.807) is 0 Å². The van der Waals surface area contributed by atoms with Gasteiger partial charge in [0.25, 0.3) is 0 Å². The summed E-state index contributed by atoms with van der Waals surface area (Å²) in [7, 11) is 1.54. The van der Waals surface area contributed by atoms with Crippen LogP contribution in [0.15, 0.2) is 0 Å². The Kier molecular flexibility index (Phi) is 11.6. The number of carbonyl (C=O) groups is 1. The van der Waals surface area contributed by atoms with Gasteiger partial charge in [-0.3, -0.25) is 4.79 Å². The molecule has 1 unspecified atom stereocenters. The van der Waals surface area contributed by atoms with Gasteiger partial charge in [0, 0.05) is 25.0 Å². The highest BCUT2D eigenvalue weighted by Crippen LogP contribution is 2.37. The van der Waals surface area contributed by atoms with Gasteiger partial charge in [-0.05, 0) is 26.9 Å². The molecule has 2 aliphatic heterocycles. The van der Waals surface area contributed by atoms with Gasteiger partial charge < -0.3 is 77.4 Å². The summed E-state index contributed by atoms with van der Waals surface area (Å²) in [6.07, 6.45) is -14.0. The summed E-state index contributed by atoms with van der Waals surface area (Å²) in [6, 6.07) is -2.79. The predicted octanol–water partition coefficient (Wildman–Crippen LogP) is -6.60. The molecule has 3 fully saturated rings. The molecule has 0 bridgehead atoms. The van der Waals surface area contributed by atoms with Crippen LogP contribution in [0.2, 0.25) is 0 Å². The van der Waals surface area contributed by atoms with E-state index in [4.69, 9.17) is 25.7 Å². The normalized spacial score (nSPS) is 47.0. The van der Waals surface area contributed by atoms with Crippen LogP contribution in [0.1, 0.15) is 20.3 Å². The molecule has 1 aliphatic carbocycles. The summed E-state index contributed by atoms with van der Waals surface area (Å²) < 4.78 is 17.6. The molecule has 40 heavy (non-hydrogen) atoms. The van der Waals surface area contributed by atoms with E-state index in [2.05, 4.69) is 16.0 Å². The van der Waals surface area contributed by atoms with Crippen molar-refractivity contribution in [1.82, 2.24) is 16.0 Å². The highest BCUT2D eigenvalue weighted by atomic mass is 16.7. The van der Waals surface area contributed by atoms with E-state index >= 15 is 0 Å². The zero-order valence-electron chi connectivity index (χ0n) is 23.0. The molecule has 0 radical (unpaired) electrons. The Morgan fingerprint density at radius 1 is 1.12 bits per heavy atom. The van der Waals surface area contributed by atoms with Crippen LogP contribution in [0.25, 0.3) is 0 Å². The van der Waals surface area contributed by atoms with Gasteiger partial charge in [-0.15, -0.1) is 0 Å². The van der Waals surface area contributed by atoms with E-state index in [-0.39, 0.29) is 26.1 Å². The molecule has 14 N–H and O–H groups in total. The number of nitrogens with one attached hydrogen (secondary N) is 3. The summed E-state index contributed by atoms with van der Waals surface area (Å²) in [4.78, 5) is 12.5. The Morgan fingerprint density at radius 3 is 2.40 bits per heavy atom. The highest BCUT2D eigenvalue weighted by molar-refractivity contribution is 5.81. The third-order valence-corrected chi connectivity index (χ3v) is 8.16. The van der Waals surface area contributed by atoms with Gasteiger partial charge in [0.2, 0.25) is 5.91 Å². The zero-order valence-corrected chi connectivity index (χ0v) is 23.0. The van der Waals surface area contributed by atoms with Crippen LogP contribution in [0, 0.1) is 5.92 Å². The van der Waals surface area contributed by atoms with Crippen molar-refractivity contribution in [1.29, 1.82) is 0 Å². The zero-order chi connectivity index (χ0) is 29.9. The maximum atomic E-state index is 12.5. The Labute approximate surface area is 233 Å². The fourth-order valence-electron chi connectivity index (χ4n) is 5.91. The first-order valence-corrected chi connectivity index (χ1v) is 13.7. The van der Waals surface area contributed by atoms with E-state index in [9.17, 15) is 40.5 Å². The fraction of sp³-hybridized carbons (Fsp3) is 0.958. The Morgan fingerprint density at radius 2 is 1.80 bits per heavy atom. The molecule has 2 heterocycles. The molecule has 2 saturated heterocycles. The molecule has 0 aromatic carbocycles. The van der Waals surface area contributed by atoms with Crippen molar-refractivity contribution >= 4 is 5.91 Å². The van der Waals surface area contributed by atoms with Crippen molar-refractivity contribution in [2.45, 2.75) is 105 Å². The van der Waals surface area contributed by atoms with E-state index in [1.165, 1.54) is 14.0 Å². The first-order chi connectivity index (χ1) is 18.8. The molecule has 16 nitrogen and oxygen atoms in total. The van der Waals surface area contributed by atoms with Crippen molar-refractivity contribution in [2.75, 3.05) is 33.3 Å². The second-order valence-electron chi connectivity index (χ2n) is 11.1. The number of hydrogen-bond donors (Lipinski definition) is 12. The van der Waals surface area contributed by atoms with Gasteiger partial charge in [0.15, 0.2) is 6.29 Å². The number of aliphatic hydroxyl groups excluding tert-OH is 6.